The molecule has 0 aliphatic carbocycles. The van der Waals surface area contributed by atoms with Crippen LogP contribution in [0.1, 0.15) is 32.6 Å². The Hall–Kier alpha value is -1.62. The Morgan fingerprint density at radius 1 is 1.25 bits per heavy atom. The van der Waals surface area contributed by atoms with Crippen LogP contribution in [0.25, 0.3) is 0 Å². The lowest BCUT2D eigenvalue weighted by Gasteiger charge is -2.11. The van der Waals surface area contributed by atoms with Crippen molar-refractivity contribution in [2.24, 2.45) is 15.7 Å². The first-order valence-corrected chi connectivity index (χ1v) is 7.60. The molecule has 0 amide bonds. The molecule has 0 bridgehead atoms. The molecule has 1 heterocycles. The Bertz CT molecular complexity index is 543. The van der Waals surface area contributed by atoms with E-state index >= 15 is 0 Å². The molecule has 0 radical (unpaired) electrons. The number of benzene rings is 1. The van der Waals surface area contributed by atoms with Crippen molar-refractivity contribution < 1.29 is 0 Å². The molecule has 0 atom stereocenters. The van der Waals surface area contributed by atoms with Crippen LogP contribution in [0.15, 0.2) is 50.6 Å². The molecule has 106 valence electrons. The summed E-state index contributed by atoms with van der Waals surface area (Å²) in [6, 6.07) is 7.94. The van der Waals surface area contributed by atoms with Crippen LogP contribution in [-0.2, 0) is 0 Å². The number of hydrogen-bond donors (Lipinski definition) is 2. The van der Waals surface area contributed by atoms with Gasteiger partial charge in [0.1, 0.15) is 5.82 Å². The number of aliphatic imine (C=N–C) groups is 2. The molecule has 0 saturated heterocycles. The summed E-state index contributed by atoms with van der Waals surface area (Å²) in [6.07, 6.45) is 6.00. The lowest BCUT2D eigenvalue weighted by atomic mass is 10.1. The van der Waals surface area contributed by atoms with Crippen molar-refractivity contribution in [1.29, 1.82) is 0 Å². The van der Waals surface area contributed by atoms with Crippen molar-refractivity contribution in [3.05, 3.63) is 40.6 Å². The normalized spacial score (nSPS) is 23.4. The van der Waals surface area contributed by atoms with Crippen molar-refractivity contribution >= 4 is 33.3 Å². The molecule has 5 heteroatoms. The average Bonchev–Trinajstić information content (AvgIpc) is 2.39. The zero-order valence-electron chi connectivity index (χ0n) is 11.6. The number of guanidine groups is 1. The zero-order valence-corrected chi connectivity index (χ0v) is 13.2. The Labute approximate surface area is 128 Å². The van der Waals surface area contributed by atoms with E-state index in [1.54, 1.807) is 0 Å². The van der Waals surface area contributed by atoms with Crippen LogP contribution in [0.4, 0.5) is 5.69 Å². The van der Waals surface area contributed by atoms with Gasteiger partial charge in [-0.1, -0.05) is 29.3 Å². The predicted octanol–water partition coefficient (Wildman–Crippen LogP) is 4.05. The first kappa shape index (κ1) is 14.8. The topological polar surface area (TPSA) is 62.8 Å². The van der Waals surface area contributed by atoms with E-state index in [0.29, 0.717) is 5.96 Å². The minimum Gasteiger partial charge on any atom is -0.368 e. The molecule has 20 heavy (non-hydrogen) atoms. The lowest BCUT2D eigenvalue weighted by molar-refractivity contribution is 0.937. The van der Waals surface area contributed by atoms with Crippen LogP contribution >= 0.6 is 15.9 Å². The van der Waals surface area contributed by atoms with Gasteiger partial charge >= 0.3 is 0 Å². The van der Waals surface area contributed by atoms with E-state index in [1.807, 2.05) is 24.3 Å². The van der Waals surface area contributed by atoms with Crippen molar-refractivity contribution in [2.75, 3.05) is 5.32 Å². The lowest BCUT2D eigenvalue weighted by Crippen LogP contribution is -2.15. The number of nitrogens with one attached hydrogen (secondary N) is 1. The van der Waals surface area contributed by atoms with Gasteiger partial charge in [-0.3, -0.25) is 0 Å². The van der Waals surface area contributed by atoms with Crippen LogP contribution in [-0.4, -0.2) is 11.7 Å². The fourth-order valence-corrected chi connectivity index (χ4v) is 2.28. The first-order valence-electron chi connectivity index (χ1n) is 6.80. The largest absolute Gasteiger partial charge is 0.368 e. The fraction of sp³-hybridized carbons (Fsp3) is 0.333. The minimum atomic E-state index is 0.323. The summed E-state index contributed by atoms with van der Waals surface area (Å²) in [5.41, 5.74) is 7.98. The zero-order chi connectivity index (χ0) is 14.4. The second kappa shape index (κ2) is 7.24. The fourth-order valence-electron chi connectivity index (χ4n) is 2.02. The number of rotatable bonds is 4. The highest BCUT2D eigenvalue weighted by Gasteiger charge is 2.05. The SMILES string of the molecule is CCC/C1=N/C(N)=N\C(Nc2ccc(Br)cc2)=C/CC1. The Balaban J connectivity index is 2.11. The number of hydrogen-bond acceptors (Lipinski definition) is 4. The monoisotopic (exact) mass is 334 g/mol. The van der Waals surface area contributed by atoms with Gasteiger partial charge in [-0.15, -0.1) is 0 Å². The number of nitrogens with zero attached hydrogens (tertiary/aromatic N) is 2. The quantitative estimate of drug-likeness (QED) is 0.872. The molecule has 0 spiro atoms. The maximum absolute atomic E-state index is 5.87. The Kier molecular flexibility index (Phi) is 5.35. The van der Waals surface area contributed by atoms with Crippen molar-refractivity contribution in [3.63, 3.8) is 0 Å². The van der Waals surface area contributed by atoms with Gasteiger partial charge in [0.25, 0.3) is 0 Å². The predicted molar refractivity (Wildman–Crippen MR) is 89.0 cm³/mol. The highest BCUT2D eigenvalue weighted by Crippen LogP contribution is 2.17. The second-order valence-electron chi connectivity index (χ2n) is 4.66. The molecule has 0 fully saturated rings. The van der Waals surface area contributed by atoms with Gasteiger partial charge in [-0.25, -0.2) is 4.99 Å². The van der Waals surface area contributed by atoms with Crippen LogP contribution in [0.2, 0.25) is 0 Å². The third kappa shape index (κ3) is 4.49. The van der Waals surface area contributed by atoms with E-state index in [1.165, 1.54) is 0 Å². The molecule has 0 saturated carbocycles. The summed E-state index contributed by atoms with van der Waals surface area (Å²) in [7, 11) is 0. The van der Waals surface area contributed by atoms with E-state index in [9.17, 15) is 0 Å². The van der Waals surface area contributed by atoms with Gasteiger partial charge in [0.2, 0.25) is 5.96 Å². The molecule has 1 aromatic rings. The minimum absolute atomic E-state index is 0.323. The van der Waals surface area contributed by atoms with Gasteiger partial charge < -0.3 is 11.1 Å². The van der Waals surface area contributed by atoms with E-state index < -0.39 is 0 Å². The van der Waals surface area contributed by atoms with Crippen LogP contribution in [0.5, 0.6) is 0 Å². The molecule has 1 aliphatic rings. The summed E-state index contributed by atoms with van der Waals surface area (Å²) in [5.74, 6) is 1.08. The molecule has 3 N–H and O–H groups in total. The van der Waals surface area contributed by atoms with Gasteiger partial charge in [0.15, 0.2) is 0 Å². The molecule has 4 nitrogen and oxygen atoms in total. The molecular formula is C15H19BrN4. The molecule has 1 aliphatic heterocycles. The van der Waals surface area contributed by atoms with Crippen molar-refractivity contribution in [3.8, 4) is 0 Å². The van der Waals surface area contributed by atoms with Crippen molar-refractivity contribution in [1.82, 2.24) is 0 Å². The average molecular weight is 335 g/mol. The van der Waals surface area contributed by atoms with E-state index in [-0.39, 0.29) is 0 Å². The van der Waals surface area contributed by atoms with E-state index in [4.69, 9.17) is 5.73 Å². The first-order chi connectivity index (χ1) is 9.67. The van der Waals surface area contributed by atoms with Crippen molar-refractivity contribution in [2.45, 2.75) is 32.6 Å². The van der Waals surface area contributed by atoms with Crippen LogP contribution in [0, 0.1) is 0 Å². The summed E-state index contributed by atoms with van der Waals surface area (Å²) >= 11 is 3.42. The summed E-state index contributed by atoms with van der Waals surface area (Å²) in [5, 5.41) is 3.26. The summed E-state index contributed by atoms with van der Waals surface area (Å²) in [4.78, 5) is 8.72. The van der Waals surface area contributed by atoms with E-state index in [0.717, 1.165) is 47.4 Å². The molecule has 0 aromatic heterocycles. The highest BCUT2D eigenvalue weighted by molar-refractivity contribution is 9.10. The maximum atomic E-state index is 5.87. The van der Waals surface area contributed by atoms with Crippen LogP contribution < -0.4 is 11.1 Å². The summed E-state index contributed by atoms with van der Waals surface area (Å²) in [6.45, 7) is 2.14. The Morgan fingerprint density at radius 3 is 2.70 bits per heavy atom. The number of anilines is 1. The number of halogens is 1. The maximum Gasteiger partial charge on any atom is 0.221 e. The summed E-state index contributed by atoms with van der Waals surface area (Å²) < 4.78 is 1.05. The third-order valence-corrected chi connectivity index (χ3v) is 3.46. The Morgan fingerprint density at radius 2 is 2.00 bits per heavy atom. The van der Waals surface area contributed by atoms with Gasteiger partial charge in [-0.05, 0) is 49.6 Å². The number of nitrogens with two attached hydrogens (primary N) is 1. The standard InChI is InChI=1S/C15H19BrN4/c1-2-4-12-5-3-6-14(20-15(17)19-12)18-13-9-7-11(16)8-10-13/h6-10,18H,2-5H2,1H3,(H2,17,20)/b14-6-,19-12-. The highest BCUT2D eigenvalue weighted by atomic mass is 79.9. The van der Waals surface area contributed by atoms with Gasteiger partial charge in [0, 0.05) is 15.9 Å². The molecule has 2 rings (SSSR count). The van der Waals surface area contributed by atoms with Crippen LogP contribution in [0.3, 0.4) is 0 Å². The van der Waals surface area contributed by atoms with Gasteiger partial charge in [0.05, 0.1) is 0 Å². The second-order valence-corrected chi connectivity index (χ2v) is 5.57. The molecular weight excluding hydrogens is 316 g/mol. The number of allylic oxidation sites excluding steroid dienone is 1. The third-order valence-electron chi connectivity index (χ3n) is 2.93. The van der Waals surface area contributed by atoms with Gasteiger partial charge in [-0.2, -0.15) is 4.99 Å². The smallest absolute Gasteiger partial charge is 0.221 e. The van der Waals surface area contributed by atoms with E-state index in [2.05, 4.69) is 44.2 Å². The molecule has 0 unspecified atom stereocenters. The molecule has 1 aromatic carbocycles.